The third-order valence-electron chi connectivity index (χ3n) is 1.66. The lowest BCUT2D eigenvalue weighted by Crippen LogP contribution is -2.42. The van der Waals surface area contributed by atoms with E-state index in [-0.39, 0.29) is 12.3 Å². The number of hydrogen-bond acceptors (Lipinski definition) is 4. The Balaban J connectivity index is 2.45. The second-order valence-electron chi connectivity index (χ2n) is 4.32. The molecule has 6 nitrogen and oxygen atoms in total. The monoisotopic (exact) mass is 214 g/mol. The fraction of sp³-hybridized carbons (Fsp3) is 0.667. The molecule has 0 aromatic heterocycles. The van der Waals surface area contributed by atoms with Gasteiger partial charge >= 0.3 is 6.09 Å². The largest absolute Gasteiger partial charge is 0.444 e. The molecule has 15 heavy (non-hydrogen) atoms. The molecule has 0 spiro atoms. The van der Waals surface area contributed by atoms with Gasteiger partial charge < -0.3 is 10.1 Å². The van der Waals surface area contributed by atoms with Gasteiger partial charge in [-0.25, -0.2) is 4.79 Å². The first-order valence-corrected chi connectivity index (χ1v) is 4.61. The van der Waals surface area contributed by atoms with Crippen molar-refractivity contribution in [1.29, 1.82) is 0 Å². The molecule has 0 radical (unpaired) electrons. The van der Waals surface area contributed by atoms with Crippen molar-refractivity contribution in [3.05, 3.63) is 0 Å². The topological polar surface area (TPSA) is 84.5 Å². The summed E-state index contributed by atoms with van der Waals surface area (Å²) in [5.41, 5.74) is -0.622. The summed E-state index contributed by atoms with van der Waals surface area (Å²) in [6.45, 7) is 5.14. The smallest absolute Gasteiger partial charge is 0.408 e. The minimum Gasteiger partial charge on any atom is -0.444 e. The van der Waals surface area contributed by atoms with E-state index in [2.05, 4.69) is 10.6 Å². The Morgan fingerprint density at radius 2 is 2.07 bits per heavy atom. The summed E-state index contributed by atoms with van der Waals surface area (Å²) in [6, 6.07) is -0.813. The molecule has 1 heterocycles. The molecule has 0 bridgehead atoms. The lowest BCUT2D eigenvalue weighted by Gasteiger charge is -2.20. The van der Waals surface area contributed by atoms with Crippen molar-refractivity contribution in [3.63, 3.8) is 0 Å². The SMILES string of the molecule is CC(C)(C)OC(=O)NC1CC(=O)NC1=O. The van der Waals surface area contributed by atoms with Gasteiger partial charge in [0.2, 0.25) is 11.8 Å². The van der Waals surface area contributed by atoms with E-state index in [1.54, 1.807) is 20.8 Å². The van der Waals surface area contributed by atoms with Crippen molar-refractivity contribution in [2.45, 2.75) is 38.8 Å². The van der Waals surface area contributed by atoms with E-state index in [1.165, 1.54) is 0 Å². The molecule has 0 saturated carbocycles. The summed E-state index contributed by atoms with van der Waals surface area (Å²) in [6.07, 6.45) is -0.727. The number of nitrogens with one attached hydrogen (secondary N) is 2. The van der Waals surface area contributed by atoms with Crippen LogP contribution < -0.4 is 10.6 Å². The Morgan fingerprint density at radius 3 is 2.47 bits per heavy atom. The molecular weight excluding hydrogens is 200 g/mol. The van der Waals surface area contributed by atoms with Crippen LogP contribution in [0.15, 0.2) is 0 Å². The van der Waals surface area contributed by atoms with Gasteiger partial charge in [0.1, 0.15) is 11.6 Å². The Hall–Kier alpha value is -1.59. The number of ether oxygens (including phenoxy) is 1. The average molecular weight is 214 g/mol. The van der Waals surface area contributed by atoms with Crippen LogP contribution in [0.1, 0.15) is 27.2 Å². The van der Waals surface area contributed by atoms with Gasteiger partial charge in [0.05, 0.1) is 6.42 Å². The van der Waals surface area contributed by atoms with Crippen molar-refractivity contribution in [2.75, 3.05) is 0 Å². The van der Waals surface area contributed by atoms with Crippen LogP contribution in [-0.4, -0.2) is 29.6 Å². The highest BCUT2D eigenvalue weighted by atomic mass is 16.6. The van der Waals surface area contributed by atoms with Crippen molar-refractivity contribution in [1.82, 2.24) is 10.6 Å². The fourth-order valence-electron chi connectivity index (χ4n) is 1.12. The molecule has 1 aliphatic rings. The van der Waals surface area contributed by atoms with Crippen LogP contribution in [0.3, 0.4) is 0 Å². The molecule has 3 amide bonds. The van der Waals surface area contributed by atoms with Crippen molar-refractivity contribution >= 4 is 17.9 Å². The van der Waals surface area contributed by atoms with Gasteiger partial charge in [-0.2, -0.15) is 0 Å². The molecule has 0 aromatic carbocycles. The first-order chi connectivity index (χ1) is 6.78. The second kappa shape index (κ2) is 3.88. The Labute approximate surface area is 87.4 Å². The number of carbonyl (C=O) groups is 3. The molecule has 2 N–H and O–H groups in total. The summed E-state index contributed by atoms with van der Waals surface area (Å²) >= 11 is 0. The lowest BCUT2D eigenvalue weighted by atomic mass is 10.2. The maximum absolute atomic E-state index is 11.2. The van der Waals surface area contributed by atoms with E-state index in [1.807, 2.05) is 0 Å². The standard InChI is InChI=1S/C9H14N2O4/c1-9(2,3)15-8(14)10-5-4-6(12)11-7(5)13/h5H,4H2,1-3H3,(H,10,14)(H,11,12,13). The highest BCUT2D eigenvalue weighted by Gasteiger charge is 2.32. The molecule has 1 unspecified atom stereocenters. The van der Waals surface area contributed by atoms with Crippen LogP contribution in [0.4, 0.5) is 4.79 Å². The molecule has 1 saturated heterocycles. The maximum Gasteiger partial charge on any atom is 0.408 e. The van der Waals surface area contributed by atoms with Gasteiger partial charge in [-0.05, 0) is 20.8 Å². The first kappa shape index (κ1) is 11.5. The molecule has 1 rings (SSSR count). The number of amides is 3. The Morgan fingerprint density at radius 1 is 1.47 bits per heavy atom. The van der Waals surface area contributed by atoms with Crippen LogP contribution in [-0.2, 0) is 14.3 Å². The maximum atomic E-state index is 11.2. The predicted octanol–water partition coefficient (Wildman–Crippen LogP) is -0.0738. The van der Waals surface area contributed by atoms with Crippen molar-refractivity contribution in [3.8, 4) is 0 Å². The average Bonchev–Trinajstić information content (AvgIpc) is 2.25. The first-order valence-electron chi connectivity index (χ1n) is 4.61. The summed E-state index contributed by atoms with van der Waals surface area (Å²) < 4.78 is 4.94. The fourth-order valence-corrected chi connectivity index (χ4v) is 1.12. The van der Waals surface area contributed by atoms with Crippen molar-refractivity contribution in [2.24, 2.45) is 0 Å². The van der Waals surface area contributed by atoms with Gasteiger partial charge in [0, 0.05) is 0 Å². The molecular formula is C9H14N2O4. The van der Waals surface area contributed by atoms with E-state index in [9.17, 15) is 14.4 Å². The molecule has 1 fully saturated rings. The van der Waals surface area contributed by atoms with Crippen LogP contribution >= 0.6 is 0 Å². The van der Waals surface area contributed by atoms with Gasteiger partial charge in [-0.1, -0.05) is 0 Å². The number of carbonyl (C=O) groups excluding carboxylic acids is 3. The van der Waals surface area contributed by atoms with Gasteiger partial charge in [-0.3, -0.25) is 14.9 Å². The van der Waals surface area contributed by atoms with E-state index in [0.29, 0.717) is 0 Å². The van der Waals surface area contributed by atoms with Crippen LogP contribution in [0, 0.1) is 0 Å². The molecule has 6 heteroatoms. The zero-order valence-corrected chi connectivity index (χ0v) is 8.92. The van der Waals surface area contributed by atoms with E-state index < -0.39 is 23.6 Å². The zero-order chi connectivity index (χ0) is 11.6. The normalized spacial score (nSPS) is 21.1. The van der Waals surface area contributed by atoms with E-state index >= 15 is 0 Å². The molecule has 1 atom stereocenters. The Kier molecular flexibility index (Phi) is 2.97. The van der Waals surface area contributed by atoms with Crippen molar-refractivity contribution < 1.29 is 19.1 Å². The Bertz CT molecular complexity index is 306. The quantitative estimate of drug-likeness (QED) is 0.598. The van der Waals surface area contributed by atoms with Crippen LogP contribution in [0.2, 0.25) is 0 Å². The number of imide groups is 1. The molecule has 0 aromatic rings. The number of alkyl carbamates (subject to hydrolysis) is 1. The van der Waals surface area contributed by atoms with Crippen LogP contribution in [0.25, 0.3) is 0 Å². The molecule has 84 valence electrons. The minimum atomic E-state index is -0.813. The third kappa shape index (κ3) is 3.57. The minimum absolute atomic E-state index is 0.0297. The van der Waals surface area contributed by atoms with E-state index in [0.717, 1.165) is 0 Å². The number of rotatable bonds is 1. The van der Waals surface area contributed by atoms with Gasteiger partial charge in [-0.15, -0.1) is 0 Å². The highest BCUT2D eigenvalue weighted by molar-refractivity contribution is 6.06. The third-order valence-corrected chi connectivity index (χ3v) is 1.66. The van der Waals surface area contributed by atoms with Gasteiger partial charge in [0.15, 0.2) is 0 Å². The van der Waals surface area contributed by atoms with Crippen LogP contribution in [0.5, 0.6) is 0 Å². The molecule has 0 aliphatic carbocycles. The summed E-state index contributed by atoms with van der Waals surface area (Å²) in [5.74, 6) is -0.882. The summed E-state index contributed by atoms with van der Waals surface area (Å²) in [7, 11) is 0. The molecule has 1 aliphatic heterocycles. The summed E-state index contributed by atoms with van der Waals surface area (Å²) in [5, 5.41) is 4.41. The highest BCUT2D eigenvalue weighted by Crippen LogP contribution is 2.08. The predicted molar refractivity (Wildman–Crippen MR) is 50.9 cm³/mol. The van der Waals surface area contributed by atoms with E-state index in [4.69, 9.17) is 4.74 Å². The second-order valence-corrected chi connectivity index (χ2v) is 4.32. The zero-order valence-electron chi connectivity index (χ0n) is 8.92. The summed E-state index contributed by atoms with van der Waals surface area (Å²) in [4.78, 5) is 33.1. The number of hydrogen-bond donors (Lipinski definition) is 2. The van der Waals surface area contributed by atoms with Gasteiger partial charge in [0.25, 0.3) is 0 Å². The lowest BCUT2D eigenvalue weighted by molar-refractivity contribution is -0.125.